The quantitative estimate of drug-likeness (QED) is 0.773. The van der Waals surface area contributed by atoms with E-state index in [4.69, 9.17) is 9.47 Å². The van der Waals surface area contributed by atoms with E-state index in [0.717, 1.165) is 4.88 Å². The molecule has 1 aromatic carbocycles. The number of nitrogens with zero attached hydrogens (tertiary/aromatic N) is 1. The largest absolute Gasteiger partial charge is 0.497 e. The Morgan fingerprint density at radius 2 is 1.96 bits per heavy atom. The molecule has 0 bridgehead atoms. The summed E-state index contributed by atoms with van der Waals surface area (Å²) in [4.78, 5) is 3.14. The van der Waals surface area contributed by atoms with Crippen molar-refractivity contribution in [3.8, 4) is 11.5 Å². The summed E-state index contributed by atoms with van der Waals surface area (Å²) in [7, 11) is 3.04. The number of nitrogens with one attached hydrogen (secondary N) is 1. The second-order valence-corrected chi connectivity index (χ2v) is 8.08. The number of hydrogen-bond donors (Lipinski definition) is 1. The van der Waals surface area contributed by atoms with Gasteiger partial charge >= 0.3 is 0 Å². The van der Waals surface area contributed by atoms with E-state index in [9.17, 15) is 8.42 Å². The van der Waals surface area contributed by atoms with Crippen LogP contribution < -0.4 is 14.2 Å². The number of rotatable bonds is 8. The summed E-state index contributed by atoms with van der Waals surface area (Å²) in [5.41, 5.74) is 0. The minimum atomic E-state index is -3.73. The van der Waals surface area contributed by atoms with E-state index >= 15 is 0 Å². The first-order valence-corrected chi connectivity index (χ1v) is 9.67. The van der Waals surface area contributed by atoms with Crippen LogP contribution in [0.4, 0.5) is 0 Å². The predicted octanol–water partition coefficient (Wildman–Crippen LogP) is 2.35. The van der Waals surface area contributed by atoms with Crippen LogP contribution in [0.15, 0.2) is 40.6 Å². The highest BCUT2D eigenvalue weighted by molar-refractivity contribution is 7.89. The number of sulfonamides is 1. The minimum absolute atomic E-state index is 0.0450. The van der Waals surface area contributed by atoms with Gasteiger partial charge in [-0.25, -0.2) is 13.1 Å². The van der Waals surface area contributed by atoms with E-state index in [2.05, 4.69) is 4.72 Å². The van der Waals surface area contributed by atoms with Crippen LogP contribution in [0.3, 0.4) is 0 Å². The Bertz CT molecular complexity index is 758. The van der Waals surface area contributed by atoms with Gasteiger partial charge in [0.25, 0.3) is 0 Å². The first-order valence-electron chi connectivity index (χ1n) is 7.30. The van der Waals surface area contributed by atoms with Gasteiger partial charge in [-0.15, -0.1) is 11.3 Å². The smallest absolute Gasteiger partial charge is 0.244 e. The monoisotopic (exact) mass is 370 g/mol. The molecule has 1 heterocycles. The Kier molecular flexibility index (Phi) is 6.22. The summed E-state index contributed by atoms with van der Waals surface area (Å²) in [5.74, 6) is 0.736. The van der Waals surface area contributed by atoms with E-state index in [0.29, 0.717) is 5.75 Å². The summed E-state index contributed by atoms with van der Waals surface area (Å²) < 4.78 is 38.4. The van der Waals surface area contributed by atoms with E-state index in [1.807, 2.05) is 36.5 Å². The molecule has 0 radical (unpaired) electrons. The van der Waals surface area contributed by atoms with Crippen molar-refractivity contribution in [3.63, 3.8) is 0 Å². The molecule has 0 aliphatic carbocycles. The number of thiophene rings is 1. The molecule has 0 fully saturated rings. The minimum Gasteiger partial charge on any atom is -0.497 e. The molecule has 0 saturated heterocycles. The van der Waals surface area contributed by atoms with E-state index in [-0.39, 0.29) is 23.2 Å². The lowest BCUT2D eigenvalue weighted by molar-refractivity contribution is 0.303. The number of benzene rings is 1. The second kappa shape index (κ2) is 7.98. The van der Waals surface area contributed by atoms with Gasteiger partial charge in [0.05, 0.1) is 20.3 Å². The molecular formula is C16H22N2O4S2. The maximum absolute atomic E-state index is 12.7. The Morgan fingerprint density at radius 1 is 1.21 bits per heavy atom. The third-order valence-electron chi connectivity index (χ3n) is 3.62. The molecule has 1 atom stereocenters. The first kappa shape index (κ1) is 18.7. The van der Waals surface area contributed by atoms with Crippen molar-refractivity contribution in [2.24, 2.45) is 0 Å². The number of hydrogen-bond acceptors (Lipinski definition) is 6. The SMILES string of the molecule is COc1ccc(OC)c(S(=O)(=O)NC[C@@H](c2cccs2)N(C)C)c1. The molecule has 0 aliphatic rings. The molecule has 0 spiro atoms. The van der Waals surface area contributed by atoms with Crippen molar-refractivity contribution in [1.29, 1.82) is 0 Å². The fourth-order valence-electron chi connectivity index (χ4n) is 2.28. The maximum atomic E-state index is 12.7. The number of likely N-dealkylation sites (N-methyl/N-ethyl adjacent to an activating group) is 1. The van der Waals surface area contributed by atoms with Crippen LogP contribution in [-0.4, -0.2) is 48.2 Å². The average molecular weight is 370 g/mol. The Balaban J connectivity index is 2.25. The number of ether oxygens (including phenoxy) is 2. The van der Waals surface area contributed by atoms with E-state index in [1.165, 1.54) is 20.3 Å². The third kappa shape index (κ3) is 4.27. The topological polar surface area (TPSA) is 67.9 Å². The van der Waals surface area contributed by atoms with Crippen LogP contribution in [0, 0.1) is 0 Å². The third-order valence-corrected chi connectivity index (χ3v) is 6.04. The molecule has 8 heteroatoms. The molecule has 0 amide bonds. The zero-order valence-corrected chi connectivity index (χ0v) is 15.8. The summed E-state index contributed by atoms with van der Waals surface area (Å²) in [5, 5.41) is 1.98. The highest BCUT2D eigenvalue weighted by atomic mass is 32.2. The molecular weight excluding hydrogens is 348 g/mol. The molecule has 0 saturated carbocycles. The fraction of sp³-hybridized carbons (Fsp3) is 0.375. The van der Waals surface area contributed by atoms with E-state index in [1.54, 1.807) is 23.5 Å². The summed E-state index contributed by atoms with van der Waals surface area (Å²) in [6, 6.07) is 8.60. The van der Waals surface area contributed by atoms with Crippen molar-refractivity contribution in [3.05, 3.63) is 40.6 Å². The second-order valence-electron chi connectivity index (χ2n) is 5.36. The fourth-order valence-corrected chi connectivity index (χ4v) is 4.42. The average Bonchev–Trinajstić information content (AvgIpc) is 3.08. The van der Waals surface area contributed by atoms with Gasteiger partial charge < -0.3 is 14.4 Å². The molecule has 24 heavy (non-hydrogen) atoms. The highest BCUT2D eigenvalue weighted by Crippen LogP contribution is 2.29. The molecule has 132 valence electrons. The predicted molar refractivity (Wildman–Crippen MR) is 95.5 cm³/mol. The molecule has 1 N–H and O–H groups in total. The van der Waals surface area contributed by atoms with Gasteiger partial charge in [0, 0.05) is 17.5 Å². The van der Waals surface area contributed by atoms with Crippen LogP contribution >= 0.6 is 11.3 Å². The molecule has 1 aromatic heterocycles. The lowest BCUT2D eigenvalue weighted by atomic mass is 10.2. The van der Waals surface area contributed by atoms with Crippen LogP contribution in [0.2, 0.25) is 0 Å². The van der Waals surface area contributed by atoms with Gasteiger partial charge in [0.15, 0.2) is 0 Å². The summed E-state index contributed by atoms with van der Waals surface area (Å²) in [6.45, 7) is 0.260. The lowest BCUT2D eigenvalue weighted by Crippen LogP contribution is -2.34. The van der Waals surface area contributed by atoms with Crippen LogP contribution in [0.5, 0.6) is 11.5 Å². The van der Waals surface area contributed by atoms with Gasteiger partial charge in [-0.05, 0) is 37.7 Å². The molecule has 0 aliphatic heterocycles. The zero-order chi connectivity index (χ0) is 17.7. The van der Waals surface area contributed by atoms with Gasteiger partial charge in [-0.3, -0.25) is 0 Å². The Morgan fingerprint density at radius 3 is 2.50 bits per heavy atom. The van der Waals surface area contributed by atoms with E-state index < -0.39 is 10.0 Å². The highest BCUT2D eigenvalue weighted by Gasteiger charge is 2.23. The van der Waals surface area contributed by atoms with Gasteiger partial charge in [-0.2, -0.15) is 0 Å². The molecule has 0 unspecified atom stereocenters. The Hall–Kier alpha value is -1.61. The van der Waals surface area contributed by atoms with Crippen molar-refractivity contribution < 1.29 is 17.9 Å². The maximum Gasteiger partial charge on any atom is 0.244 e. The van der Waals surface area contributed by atoms with Crippen molar-refractivity contribution in [2.45, 2.75) is 10.9 Å². The number of methoxy groups -OCH3 is 2. The van der Waals surface area contributed by atoms with Crippen molar-refractivity contribution >= 4 is 21.4 Å². The standard InChI is InChI=1S/C16H22N2O4S2/c1-18(2)13(15-6-5-9-23-15)11-17-24(19,20)16-10-12(21-3)7-8-14(16)22-4/h5-10,13,17H,11H2,1-4H3/t13-/m0/s1. The van der Waals surface area contributed by atoms with Crippen LogP contribution in [0.25, 0.3) is 0 Å². The lowest BCUT2D eigenvalue weighted by Gasteiger charge is -2.23. The molecule has 6 nitrogen and oxygen atoms in total. The molecule has 2 aromatic rings. The van der Waals surface area contributed by atoms with Gasteiger partial charge in [0.2, 0.25) is 10.0 Å². The normalized spacial score (nSPS) is 13.0. The zero-order valence-electron chi connectivity index (χ0n) is 14.1. The molecule has 2 rings (SSSR count). The van der Waals surface area contributed by atoms with Gasteiger partial charge in [0.1, 0.15) is 16.4 Å². The van der Waals surface area contributed by atoms with Crippen molar-refractivity contribution in [1.82, 2.24) is 9.62 Å². The summed E-state index contributed by atoms with van der Waals surface area (Å²) >= 11 is 1.60. The first-order chi connectivity index (χ1) is 11.4. The van der Waals surface area contributed by atoms with Crippen LogP contribution in [-0.2, 0) is 10.0 Å². The van der Waals surface area contributed by atoms with Gasteiger partial charge in [-0.1, -0.05) is 6.07 Å². The van der Waals surface area contributed by atoms with Crippen LogP contribution in [0.1, 0.15) is 10.9 Å². The summed E-state index contributed by atoms with van der Waals surface area (Å²) in [6.07, 6.45) is 0. The Labute approximate surface area is 147 Å². The van der Waals surface area contributed by atoms with Crippen molar-refractivity contribution in [2.75, 3.05) is 34.9 Å².